The van der Waals surface area contributed by atoms with E-state index in [0.717, 1.165) is 17.5 Å². The van der Waals surface area contributed by atoms with Gasteiger partial charge in [0.05, 0.1) is 12.7 Å². The average molecular weight is 314 g/mol. The largest absolute Gasteiger partial charge is 0.496 e. The predicted molar refractivity (Wildman–Crippen MR) is 88.4 cm³/mol. The van der Waals surface area contributed by atoms with Crippen molar-refractivity contribution >= 4 is 17.5 Å². The number of carbonyl (C=O) groups excluding carboxylic acids is 1. The van der Waals surface area contributed by atoms with Crippen molar-refractivity contribution < 1.29 is 9.53 Å². The molecule has 0 fully saturated rings. The number of hydrogen-bond donors (Lipinski definition) is 1. The molecule has 0 bridgehead atoms. The van der Waals surface area contributed by atoms with Gasteiger partial charge in [-0.05, 0) is 42.3 Å². The Morgan fingerprint density at radius 1 is 1.27 bits per heavy atom. The van der Waals surface area contributed by atoms with Crippen LogP contribution in [0.15, 0.2) is 42.5 Å². The fourth-order valence-corrected chi connectivity index (χ4v) is 2.21. The van der Waals surface area contributed by atoms with Crippen LogP contribution in [0.5, 0.6) is 5.75 Å². The fraction of sp³-hybridized carbons (Fsp3) is 0.167. The van der Waals surface area contributed by atoms with E-state index in [-0.39, 0.29) is 5.91 Å². The number of rotatable bonds is 5. The van der Waals surface area contributed by atoms with Gasteiger partial charge < -0.3 is 10.1 Å². The van der Waals surface area contributed by atoms with Gasteiger partial charge in [0.1, 0.15) is 5.75 Å². The highest BCUT2D eigenvalue weighted by atomic mass is 35.5. The lowest BCUT2D eigenvalue weighted by Crippen LogP contribution is -2.26. The summed E-state index contributed by atoms with van der Waals surface area (Å²) in [4.78, 5) is 12.2. The highest BCUT2D eigenvalue weighted by molar-refractivity contribution is 6.31. The van der Waals surface area contributed by atoms with Crippen LogP contribution in [0.3, 0.4) is 0 Å². The Morgan fingerprint density at radius 2 is 2.00 bits per heavy atom. The Balaban J connectivity index is 1.95. The predicted octanol–water partition coefficient (Wildman–Crippen LogP) is 3.30. The first-order valence-electron chi connectivity index (χ1n) is 6.81. The summed E-state index contributed by atoms with van der Waals surface area (Å²) in [5, 5.41) is 3.36. The standard InChI is InChI=1S/C18H16ClNO2/c1-3-13-4-6-14(7-5-13)10-11-20-18(21)16-12-15(19)8-9-17(16)22-2/h1,4-9,12H,10-11H2,2H3,(H,20,21). The second-order valence-corrected chi connectivity index (χ2v) is 5.13. The maximum absolute atomic E-state index is 12.2. The zero-order valence-electron chi connectivity index (χ0n) is 12.2. The third kappa shape index (κ3) is 4.03. The van der Waals surface area contributed by atoms with Crippen LogP contribution in [0.1, 0.15) is 21.5 Å². The number of halogens is 1. The van der Waals surface area contributed by atoms with Crippen LogP contribution in [0.4, 0.5) is 0 Å². The fourth-order valence-electron chi connectivity index (χ4n) is 2.04. The van der Waals surface area contributed by atoms with Crippen molar-refractivity contribution in [2.75, 3.05) is 13.7 Å². The molecule has 2 aromatic carbocycles. The summed E-state index contributed by atoms with van der Waals surface area (Å²) in [7, 11) is 1.52. The van der Waals surface area contributed by atoms with Crippen LogP contribution < -0.4 is 10.1 Å². The van der Waals surface area contributed by atoms with E-state index < -0.39 is 0 Å². The molecule has 0 saturated carbocycles. The molecule has 0 saturated heterocycles. The van der Waals surface area contributed by atoms with E-state index in [4.69, 9.17) is 22.8 Å². The van der Waals surface area contributed by atoms with Gasteiger partial charge in [0, 0.05) is 17.1 Å². The number of carbonyl (C=O) groups is 1. The molecule has 0 spiro atoms. The van der Waals surface area contributed by atoms with Crippen LogP contribution in [0.25, 0.3) is 0 Å². The van der Waals surface area contributed by atoms with Crippen LogP contribution >= 0.6 is 11.6 Å². The average Bonchev–Trinajstić information content (AvgIpc) is 2.55. The summed E-state index contributed by atoms with van der Waals surface area (Å²) in [5.74, 6) is 2.86. The van der Waals surface area contributed by atoms with Gasteiger partial charge in [-0.2, -0.15) is 0 Å². The third-order valence-corrected chi connectivity index (χ3v) is 3.46. The number of terminal acetylenes is 1. The maximum Gasteiger partial charge on any atom is 0.255 e. The zero-order chi connectivity index (χ0) is 15.9. The number of ether oxygens (including phenoxy) is 1. The zero-order valence-corrected chi connectivity index (χ0v) is 13.0. The van der Waals surface area contributed by atoms with Gasteiger partial charge in [0.15, 0.2) is 0 Å². The van der Waals surface area contributed by atoms with E-state index in [0.29, 0.717) is 22.9 Å². The first-order valence-corrected chi connectivity index (χ1v) is 7.19. The first-order chi connectivity index (χ1) is 10.6. The second-order valence-electron chi connectivity index (χ2n) is 4.69. The van der Waals surface area contributed by atoms with Crippen molar-refractivity contribution in [2.24, 2.45) is 0 Å². The minimum atomic E-state index is -0.209. The van der Waals surface area contributed by atoms with E-state index in [1.165, 1.54) is 7.11 Å². The van der Waals surface area contributed by atoms with Crippen LogP contribution in [0.2, 0.25) is 5.02 Å². The Kier molecular flexibility index (Phi) is 5.46. The lowest BCUT2D eigenvalue weighted by atomic mass is 10.1. The summed E-state index contributed by atoms with van der Waals surface area (Å²) >= 11 is 5.92. The number of hydrogen-bond acceptors (Lipinski definition) is 2. The molecule has 3 nitrogen and oxygen atoms in total. The number of nitrogens with one attached hydrogen (secondary N) is 1. The number of methoxy groups -OCH3 is 1. The molecule has 0 aliphatic carbocycles. The minimum absolute atomic E-state index is 0.209. The topological polar surface area (TPSA) is 38.3 Å². The van der Waals surface area contributed by atoms with Crippen molar-refractivity contribution in [3.63, 3.8) is 0 Å². The molecule has 1 amide bonds. The summed E-state index contributed by atoms with van der Waals surface area (Å²) in [5.41, 5.74) is 2.38. The number of amides is 1. The van der Waals surface area contributed by atoms with Crippen molar-refractivity contribution in [2.45, 2.75) is 6.42 Å². The van der Waals surface area contributed by atoms with Gasteiger partial charge >= 0.3 is 0 Å². The summed E-state index contributed by atoms with van der Waals surface area (Å²) in [6, 6.07) is 12.6. The Bertz CT molecular complexity index is 702. The van der Waals surface area contributed by atoms with Crippen molar-refractivity contribution in [3.05, 3.63) is 64.2 Å². The molecule has 2 aromatic rings. The number of benzene rings is 2. The Hall–Kier alpha value is -2.44. The molecule has 0 aliphatic rings. The summed E-state index contributed by atoms with van der Waals surface area (Å²) < 4.78 is 5.17. The molecule has 0 radical (unpaired) electrons. The highest BCUT2D eigenvalue weighted by Gasteiger charge is 2.12. The molecule has 4 heteroatoms. The van der Waals surface area contributed by atoms with Crippen molar-refractivity contribution in [3.8, 4) is 18.1 Å². The van der Waals surface area contributed by atoms with E-state index in [1.807, 2.05) is 24.3 Å². The molecule has 0 atom stereocenters. The molecule has 0 aromatic heterocycles. The Labute approximate surface area is 135 Å². The van der Waals surface area contributed by atoms with Gasteiger partial charge in [-0.25, -0.2) is 0 Å². The third-order valence-electron chi connectivity index (χ3n) is 3.23. The van der Waals surface area contributed by atoms with E-state index >= 15 is 0 Å². The van der Waals surface area contributed by atoms with Gasteiger partial charge in [0.2, 0.25) is 0 Å². The maximum atomic E-state index is 12.2. The van der Waals surface area contributed by atoms with Crippen LogP contribution in [-0.4, -0.2) is 19.6 Å². The van der Waals surface area contributed by atoms with E-state index in [2.05, 4.69) is 11.2 Å². The molecule has 22 heavy (non-hydrogen) atoms. The molecule has 0 heterocycles. The first kappa shape index (κ1) is 15.9. The molecule has 2 rings (SSSR count). The molecule has 0 aliphatic heterocycles. The van der Waals surface area contributed by atoms with Crippen molar-refractivity contribution in [1.82, 2.24) is 5.32 Å². The summed E-state index contributed by atoms with van der Waals surface area (Å²) in [6.07, 6.45) is 6.04. The minimum Gasteiger partial charge on any atom is -0.496 e. The molecule has 1 N–H and O–H groups in total. The van der Waals surface area contributed by atoms with Crippen LogP contribution in [0, 0.1) is 12.3 Å². The van der Waals surface area contributed by atoms with Gasteiger partial charge in [-0.3, -0.25) is 4.79 Å². The second kappa shape index (κ2) is 7.53. The van der Waals surface area contributed by atoms with Crippen molar-refractivity contribution in [1.29, 1.82) is 0 Å². The smallest absolute Gasteiger partial charge is 0.255 e. The monoisotopic (exact) mass is 313 g/mol. The molecular weight excluding hydrogens is 298 g/mol. The quantitative estimate of drug-likeness (QED) is 0.860. The van der Waals surface area contributed by atoms with Gasteiger partial charge in [-0.1, -0.05) is 29.7 Å². The SMILES string of the molecule is C#Cc1ccc(CCNC(=O)c2cc(Cl)ccc2OC)cc1. The normalized spacial score (nSPS) is 9.86. The van der Waals surface area contributed by atoms with Gasteiger partial charge in [-0.15, -0.1) is 6.42 Å². The van der Waals surface area contributed by atoms with E-state index in [1.54, 1.807) is 18.2 Å². The lowest BCUT2D eigenvalue weighted by Gasteiger charge is -2.10. The highest BCUT2D eigenvalue weighted by Crippen LogP contribution is 2.22. The summed E-state index contributed by atoms with van der Waals surface area (Å²) in [6.45, 7) is 0.518. The van der Waals surface area contributed by atoms with E-state index in [9.17, 15) is 4.79 Å². The lowest BCUT2D eigenvalue weighted by molar-refractivity contribution is 0.0951. The van der Waals surface area contributed by atoms with Crippen LogP contribution in [-0.2, 0) is 6.42 Å². The molecule has 0 unspecified atom stereocenters. The molecule has 112 valence electrons. The Morgan fingerprint density at radius 3 is 2.64 bits per heavy atom. The molecular formula is C18H16ClNO2. The van der Waals surface area contributed by atoms with Gasteiger partial charge in [0.25, 0.3) is 5.91 Å².